The molecule has 0 spiro atoms. The Hall–Kier alpha value is -1.34. The number of aryl methyl sites for hydroxylation is 1. The summed E-state index contributed by atoms with van der Waals surface area (Å²) < 4.78 is 2.78. The van der Waals surface area contributed by atoms with Crippen molar-refractivity contribution >= 4 is 29.1 Å². The van der Waals surface area contributed by atoms with Gasteiger partial charge in [0.1, 0.15) is 4.34 Å². The maximum atomic E-state index is 10.5. The van der Waals surface area contributed by atoms with E-state index in [4.69, 9.17) is 5.11 Å². The summed E-state index contributed by atoms with van der Waals surface area (Å²) in [5.41, 5.74) is 1.77. The summed E-state index contributed by atoms with van der Waals surface area (Å²) in [6.45, 7) is 2.91. The molecule has 0 aromatic carbocycles. The molecule has 2 aromatic rings. The molecule has 18 heavy (non-hydrogen) atoms. The van der Waals surface area contributed by atoms with E-state index in [0.717, 1.165) is 22.2 Å². The predicted molar refractivity (Wildman–Crippen MR) is 70.9 cm³/mol. The molecule has 1 N–H and O–H groups in total. The first kappa shape index (κ1) is 13.1. The topological polar surface area (TPSA) is 68.0 Å². The molecular formula is C11H13N3O2S2. The van der Waals surface area contributed by atoms with Crippen LogP contribution in [0.25, 0.3) is 0 Å². The Balaban J connectivity index is 1.89. The Morgan fingerprint density at radius 3 is 3.11 bits per heavy atom. The highest BCUT2D eigenvalue weighted by Gasteiger charge is 2.07. The molecule has 2 heterocycles. The van der Waals surface area contributed by atoms with Crippen molar-refractivity contribution < 1.29 is 9.90 Å². The van der Waals surface area contributed by atoms with Gasteiger partial charge in [-0.25, -0.2) is 4.98 Å². The fraction of sp³-hybridized carbons (Fsp3) is 0.364. The molecule has 7 heteroatoms. The molecule has 0 saturated carbocycles. The minimum absolute atomic E-state index is 0.00910. The largest absolute Gasteiger partial charge is 0.481 e. The third kappa shape index (κ3) is 3.58. The lowest BCUT2D eigenvalue weighted by Crippen LogP contribution is -1.99. The zero-order chi connectivity index (χ0) is 13.0. The summed E-state index contributed by atoms with van der Waals surface area (Å²) >= 11 is 3.09. The van der Waals surface area contributed by atoms with Crippen LogP contribution >= 0.6 is 23.1 Å². The summed E-state index contributed by atoms with van der Waals surface area (Å²) in [7, 11) is 0. The molecule has 96 valence electrons. The van der Waals surface area contributed by atoms with Crippen molar-refractivity contribution in [1.82, 2.24) is 14.8 Å². The minimum Gasteiger partial charge on any atom is -0.481 e. The van der Waals surface area contributed by atoms with Crippen molar-refractivity contribution in [3.63, 3.8) is 0 Å². The van der Waals surface area contributed by atoms with E-state index in [1.165, 1.54) is 11.3 Å². The van der Waals surface area contributed by atoms with E-state index >= 15 is 0 Å². The van der Waals surface area contributed by atoms with Crippen LogP contribution in [0.15, 0.2) is 22.1 Å². The van der Waals surface area contributed by atoms with Crippen LogP contribution in [0.5, 0.6) is 0 Å². The molecule has 0 amide bonds. The molecule has 0 saturated heterocycles. The number of carbonyl (C=O) groups is 1. The maximum absolute atomic E-state index is 10.5. The van der Waals surface area contributed by atoms with Crippen molar-refractivity contribution in [3.05, 3.63) is 29.0 Å². The highest BCUT2D eigenvalue weighted by atomic mass is 32.2. The zero-order valence-corrected chi connectivity index (χ0v) is 11.5. The Labute approximate surface area is 113 Å². The minimum atomic E-state index is -0.846. The summed E-state index contributed by atoms with van der Waals surface area (Å²) in [6.07, 6.45) is 3.85. The lowest BCUT2D eigenvalue weighted by molar-refractivity contribution is -0.136. The third-order valence-corrected chi connectivity index (χ3v) is 4.38. The fourth-order valence-corrected chi connectivity index (χ4v) is 3.15. The van der Waals surface area contributed by atoms with Crippen LogP contribution in [0.1, 0.15) is 18.2 Å². The normalized spacial score (nSPS) is 10.7. The molecule has 2 rings (SSSR count). The Kier molecular flexibility index (Phi) is 4.38. The number of nitrogens with zero attached hydrogens (tertiary/aromatic N) is 3. The molecule has 0 aliphatic heterocycles. The van der Waals surface area contributed by atoms with Gasteiger partial charge in [-0.15, -0.1) is 11.3 Å². The van der Waals surface area contributed by atoms with Gasteiger partial charge in [-0.1, -0.05) is 11.8 Å². The van der Waals surface area contributed by atoms with Gasteiger partial charge in [-0.3, -0.25) is 9.48 Å². The van der Waals surface area contributed by atoms with Crippen molar-refractivity contribution in [2.24, 2.45) is 0 Å². The number of carboxylic acid groups (broad SMARTS) is 1. The van der Waals surface area contributed by atoms with Crippen molar-refractivity contribution in [1.29, 1.82) is 0 Å². The highest BCUT2D eigenvalue weighted by Crippen LogP contribution is 2.26. The summed E-state index contributed by atoms with van der Waals surface area (Å²) in [6, 6.07) is 0. The molecule has 0 atom stereocenters. The predicted octanol–water partition coefficient (Wildman–Crippen LogP) is 2.28. The van der Waals surface area contributed by atoms with Gasteiger partial charge in [-0.05, 0) is 6.92 Å². The second-order valence-electron chi connectivity index (χ2n) is 3.67. The summed E-state index contributed by atoms with van der Waals surface area (Å²) in [5.74, 6) is -0.0406. The van der Waals surface area contributed by atoms with Gasteiger partial charge in [0.25, 0.3) is 0 Å². The van der Waals surface area contributed by atoms with Crippen LogP contribution in [0, 0.1) is 0 Å². The van der Waals surface area contributed by atoms with Crippen molar-refractivity contribution in [2.45, 2.75) is 30.0 Å². The number of thioether (sulfide) groups is 1. The van der Waals surface area contributed by atoms with E-state index < -0.39 is 5.97 Å². The molecule has 5 nitrogen and oxygen atoms in total. The van der Waals surface area contributed by atoms with Crippen molar-refractivity contribution in [3.8, 4) is 0 Å². The molecule has 0 bridgehead atoms. The highest BCUT2D eigenvalue weighted by molar-refractivity contribution is 8.00. The van der Waals surface area contributed by atoms with E-state index in [-0.39, 0.29) is 6.42 Å². The van der Waals surface area contributed by atoms with E-state index in [9.17, 15) is 4.79 Å². The molecule has 0 fully saturated rings. The number of carboxylic acids is 1. The number of aromatic nitrogens is 3. The van der Waals surface area contributed by atoms with Gasteiger partial charge in [0.15, 0.2) is 0 Å². The quantitative estimate of drug-likeness (QED) is 0.824. The lowest BCUT2D eigenvalue weighted by atomic mass is 10.3. The average molecular weight is 283 g/mol. The van der Waals surface area contributed by atoms with E-state index in [1.807, 2.05) is 24.0 Å². The number of hydrogen-bond acceptors (Lipinski definition) is 5. The monoisotopic (exact) mass is 283 g/mol. The smallest absolute Gasteiger partial charge is 0.309 e. The molecule has 0 radical (unpaired) electrons. The molecule has 0 unspecified atom stereocenters. The SMILES string of the molecule is CCn1cc(CSc2nc(CC(=O)O)cs2)cn1. The van der Waals surface area contributed by atoms with Gasteiger partial charge in [0.05, 0.1) is 18.3 Å². The first-order valence-corrected chi connectivity index (χ1v) is 7.34. The van der Waals surface area contributed by atoms with Gasteiger partial charge in [0.2, 0.25) is 0 Å². The Bertz CT molecular complexity index is 536. The second kappa shape index (κ2) is 6.01. The average Bonchev–Trinajstić information content (AvgIpc) is 2.94. The van der Waals surface area contributed by atoms with Gasteiger partial charge < -0.3 is 5.11 Å². The summed E-state index contributed by atoms with van der Waals surface area (Å²) in [4.78, 5) is 14.8. The van der Waals surface area contributed by atoms with Crippen LogP contribution in [0.2, 0.25) is 0 Å². The van der Waals surface area contributed by atoms with Gasteiger partial charge in [0, 0.05) is 29.4 Å². The molecule has 0 aliphatic carbocycles. The zero-order valence-electron chi connectivity index (χ0n) is 9.87. The van der Waals surface area contributed by atoms with E-state index in [0.29, 0.717) is 5.69 Å². The van der Waals surface area contributed by atoms with E-state index in [1.54, 1.807) is 17.1 Å². The maximum Gasteiger partial charge on any atom is 0.309 e. The lowest BCUT2D eigenvalue weighted by Gasteiger charge is -1.94. The van der Waals surface area contributed by atoms with Crippen LogP contribution in [0.4, 0.5) is 0 Å². The second-order valence-corrected chi connectivity index (χ2v) is 5.75. The van der Waals surface area contributed by atoms with Crippen LogP contribution < -0.4 is 0 Å². The van der Waals surface area contributed by atoms with E-state index in [2.05, 4.69) is 10.1 Å². The fourth-order valence-electron chi connectivity index (χ4n) is 1.39. The molecule has 0 aliphatic rings. The molecular weight excluding hydrogens is 270 g/mol. The number of hydrogen-bond donors (Lipinski definition) is 1. The Morgan fingerprint density at radius 1 is 1.61 bits per heavy atom. The van der Waals surface area contributed by atoms with Crippen LogP contribution in [0.3, 0.4) is 0 Å². The molecule has 2 aromatic heterocycles. The standard InChI is InChI=1S/C11H13N3O2S2/c1-2-14-5-8(4-12-14)6-17-11-13-9(7-18-11)3-10(15)16/h4-5,7H,2-3,6H2,1H3,(H,15,16). The third-order valence-electron chi connectivity index (χ3n) is 2.24. The van der Waals surface area contributed by atoms with Crippen LogP contribution in [-0.4, -0.2) is 25.8 Å². The van der Waals surface area contributed by atoms with Gasteiger partial charge in [-0.2, -0.15) is 5.10 Å². The number of aliphatic carboxylic acids is 1. The van der Waals surface area contributed by atoms with Crippen LogP contribution in [-0.2, 0) is 23.5 Å². The number of thiazole rings is 1. The van der Waals surface area contributed by atoms with Crippen molar-refractivity contribution in [2.75, 3.05) is 0 Å². The van der Waals surface area contributed by atoms with Gasteiger partial charge >= 0.3 is 5.97 Å². The number of rotatable bonds is 6. The first-order chi connectivity index (χ1) is 8.67. The Morgan fingerprint density at radius 2 is 2.44 bits per heavy atom. The first-order valence-electron chi connectivity index (χ1n) is 5.47. The summed E-state index contributed by atoms with van der Waals surface area (Å²) in [5, 5.41) is 14.7.